The third-order valence-electron chi connectivity index (χ3n) is 3.83. The van der Waals surface area contributed by atoms with E-state index in [1.807, 2.05) is 36.9 Å². The molecule has 0 unspecified atom stereocenters. The van der Waals surface area contributed by atoms with Crippen LogP contribution in [0.5, 0.6) is 0 Å². The highest BCUT2D eigenvalue weighted by Gasteiger charge is 2.25. The lowest BCUT2D eigenvalue weighted by molar-refractivity contribution is 0.160. The number of carbonyl (C=O) groups is 1. The number of amides is 1. The molecule has 2 heterocycles. The Labute approximate surface area is 129 Å². The number of imidazole rings is 1. The molecule has 2 aromatic rings. The summed E-state index contributed by atoms with van der Waals surface area (Å²) in [5.41, 5.74) is 3.14. The molecule has 0 spiro atoms. The van der Waals surface area contributed by atoms with Crippen LogP contribution >= 0.6 is 0 Å². The molecule has 0 bridgehead atoms. The second-order valence-electron chi connectivity index (χ2n) is 5.25. The van der Waals surface area contributed by atoms with Crippen molar-refractivity contribution in [3.8, 4) is 0 Å². The zero-order valence-electron chi connectivity index (χ0n) is 12.9. The average molecular weight is 300 g/mol. The minimum Gasteiger partial charge on any atom is -0.449 e. The molecule has 3 rings (SSSR count). The molecule has 6 heteroatoms. The van der Waals surface area contributed by atoms with Crippen molar-refractivity contribution in [2.45, 2.75) is 19.9 Å². The molecule has 1 aliphatic rings. The second kappa shape index (κ2) is 6.09. The summed E-state index contributed by atoms with van der Waals surface area (Å²) in [6, 6.07) is 6.05. The largest absolute Gasteiger partial charge is 0.449 e. The van der Waals surface area contributed by atoms with Gasteiger partial charge in [0.1, 0.15) is 5.82 Å². The van der Waals surface area contributed by atoms with E-state index in [9.17, 15) is 4.79 Å². The molecular formula is C16H20N4O2. The van der Waals surface area contributed by atoms with Crippen molar-refractivity contribution in [1.82, 2.24) is 9.55 Å². The first-order valence-corrected chi connectivity index (χ1v) is 7.46. The Bertz CT molecular complexity index is 681. The maximum absolute atomic E-state index is 11.9. The fraction of sp³-hybridized carbons (Fsp3) is 0.375. The van der Waals surface area contributed by atoms with Crippen LogP contribution in [0.25, 0.3) is 0 Å². The van der Waals surface area contributed by atoms with Crippen molar-refractivity contribution in [2.75, 3.05) is 23.4 Å². The van der Waals surface area contributed by atoms with Gasteiger partial charge >= 0.3 is 6.09 Å². The van der Waals surface area contributed by atoms with Crippen molar-refractivity contribution in [2.24, 2.45) is 7.05 Å². The SMILES string of the molecule is CCOC(=O)N1CCc2cc(NCc3nccn3C)ccc21. The van der Waals surface area contributed by atoms with E-state index in [2.05, 4.69) is 16.4 Å². The predicted molar refractivity (Wildman–Crippen MR) is 85.0 cm³/mol. The summed E-state index contributed by atoms with van der Waals surface area (Å²) in [6.07, 6.45) is 4.30. The number of nitrogens with zero attached hydrogens (tertiary/aromatic N) is 3. The third-order valence-corrected chi connectivity index (χ3v) is 3.83. The third kappa shape index (κ3) is 2.77. The molecule has 6 nitrogen and oxygen atoms in total. The molecule has 0 saturated heterocycles. The molecule has 116 valence electrons. The lowest BCUT2D eigenvalue weighted by Crippen LogP contribution is -2.29. The molecule has 0 saturated carbocycles. The van der Waals surface area contributed by atoms with Crippen LogP contribution in [0.2, 0.25) is 0 Å². The lowest BCUT2D eigenvalue weighted by Gasteiger charge is -2.16. The zero-order chi connectivity index (χ0) is 15.5. The van der Waals surface area contributed by atoms with Crippen molar-refractivity contribution >= 4 is 17.5 Å². The van der Waals surface area contributed by atoms with Gasteiger partial charge in [0.15, 0.2) is 0 Å². The van der Waals surface area contributed by atoms with E-state index in [0.29, 0.717) is 19.7 Å². The fourth-order valence-corrected chi connectivity index (χ4v) is 2.65. The van der Waals surface area contributed by atoms with Gasteiger partial charge in [0, 0.05) is 31.7 Å². The predicted octanol–water partition coefficient (Wildman–Crippen LogP) is 2.55. The highest BCUT2D eigenvalue weighted by molar-refractivity contribution is 5.90. The van der Waals surface area contributed by atoms with Crippen molar-refractivity contribution in [3.05, 3.63) is 42.0 Å². The number of rotatable bonds is 4. The van der Waals surface area contributed by atoms with Gasteiger partial charge in [-0.15, -0.1) is 0 Å². The van der Waals surface area contributed by atoms with Gasteiger partial charge in [0.05, 0.1) is 18.8 Å². The van der Waals surface area contributed by atoms with E-state index < -0.39 is 0 Å². The van der Waals surface area contributed by atoms with E-state index in [1.165, 1.54) is 0 Å². The molecule has 1 aromatic carbocycles. The summed E-state index contributed by atoms with van der Waals surface area (Å²) < 4.78 is 7.07. The Hall–Kier alpha value is -2.50. The topological polar surface area (TPSA) is 59.4 Å². The second-order valence-corrected chi connectivity index (χ2v) is 5.25. The van der Waals surface area contributed by atoms with E-state index in [0.717, 1.165) is 29.2 Å². The van der Waals surface area contributed by atoms with E-state index >= 15 is 0 Å². The Morgan fingerprint density at radius 2 is 2.32 bits per heavy atom. The first kappa shape index (κ1) is 14.4. The number of hydrogen-bond acceptors (Lipinski definition) is 4. The number of fused-ring (bicyclic) bond motifs is 1. The van der Waals surface area contributed by atoms with Crippen LogP contribution in [0.1, 0.15) is 18.3 Å². The monoisotopic (exact) mass is 300 g/mol. The Morgan fingerprint density at radius 1 is 1.45 bits per heavy atom. The van der Waals surface area contributed by atoms with E-state index in [1.54, 1.807) is 11.1 Å². The summed E-state index contributed by atoms with van der Waals surface area (Å²) in [5, 5.41) is 3.37. The standard InChI is InChI=1S/C16H20N4O2/c1-3-22-16(21)20-8-6-12-10-13(4-5-14(12)20)18-11-15-17-7-9-19(15)2/h4-5,7,9-10,18H,3,6,8,11H2,1-2H3. The first-order valence-electron chi connectivity index (χ1n) is 7.46. The van der Waals surface area contributed by atoms with Crippen molar-refractivity contribution in [1.29, 1.82) is 0 Å². The molecule has 0 radical (unpaired) electrons. The van der Waals surface area contributed by atoms with Gasteiger partial charge in [-0.1, -0.05) is 0 Å². The molecule has 1 aliphatic heterocycles. The highest BCUT2D eigenvalue weighted by Crippen LogP contribution is 2.31. The molecule has 22 heavy (non-hydrogen) atoms. The number of aromatic nitrogens is 2. The van der Waals surface area contributed by atoms with Crippen LogP contribution in [-0.4, -0.2) is 28.8 Å². The summed E-state index contributed by atoms with van der Waals surface area (Å²) in [4.78, 5) is 17.9. The number of anilines is 2. The number of aryl methyl sites for hydroxylation is 1. The van der Waals surface area contributed by atoms with Gasteiger partial charge in [-0.25, -0.2) is 9.78 Å². The van der Waals surface area contributed by atoms with Gasteiger partial charge in [-0.3, -0.25) is 4.90 Å². The molecule has 0 atom stereocenters. The smallest absolute Gasteiger partial charge is 0.414 e. The van der Waals surface area contributed by atoms with Gasteiger partial charge in [-0.2, -0.15) is 0 Å². The minimum atomic E-state index is -0.269. The van der Waals surface area contributed by atoms with Gasteiger partial charge < -0.3 is 14.6 Å². The number of ether oxygens (including phenoxy) is 1. The molecule has 1 N–H and O–H groups in total. The van der Waals surface area contributed by atoms with Gasteiger partial charge in [0.25, 0.3) is 0 Å². The van der Waals surface area contributed by atoms with Gasteiger partial charge in [0.2, 0.25) is 0 Å². The number of carbonyl (C=O) groups excluding carboxylic acids is 1. The quantitative estimate of drug-likeness (QED) is 0.942. The normalized spacial score (nSPS) is 13.1. The number of benzene rings is 1. The van der Waals surface area contributed by atoms with Crippen LogP contribution < -0.4 is 10.2 Å². The van der Waals surface area contributed by atoms with Crippen LogP contribution in [-0.2, 0) is 24.8 Å². The molecule has 0 aliphatic carbocycles. The van der Waals surface area contributed by atoms with Gasteiger partial charge in [-0.05, 0) is 37.1 Å². The summed E-state index contributed by atoms with van der Waals surface area (Å²) in [6.45, 7) is 3.56. The maximum Gasteiger partial charge on any atom is 0.414 e. The summed E-state index contributed by atoms with van der Waals surface area (Å²) in [5.74, 6) is 0.980. The highest BCUT2D eigenvalue weighted by atomic mass is 16.6. The minimum absolute atomic E-state index is 0.269. The average Bonchev–Trinajstić information content (AvgIpc) is 3.11. The molecule has 1 amide bonds. The molecule has 1 aromatic heterocycles. The van der Waals surface area contributed by atoms with Crippen molar-refractivity contribution in [3.63, 3.8) is 0 Å². The zero-order valence-corrected chi connectivity index (χ0v) is 12.9. The Balaban J connectivity index is 1.70. The van der Waals surface area contributed by atoms with E-state index in [-0.39, 0.29) is 6.09 Å². The molecular weight excluding hydrogens is 280 g/mol. The van der Waals surface area contributed by atoms with Crippen LogP contribution in [0.15, 0.2) is 30.6 Å². The Morgan fingerprint density at radius 3 is 3.05 bits per heavy atom. The lowest BCUT2D eigenvalue weighted by atomic mass is 10.1. The van der Waals surface area contributed by atoms with Crippen LogP contribution in [0.4, 0.5) is 16.2 Å². The first-order chi connectivity index (χ1) is 10.7. The van der Waals surface area contributed by atoms with E-state index in [4.69, 9.17) is 4.74 Å². The van der Waals surface area contributed by atoms with Crippen LogP contribution in [0.3, 0.4) is 0 Å². The van der Waals surface area contributed by atoms with Crippen LogP contribution in [0, 0.1) is 0 Å². The number of nitrogens with one attached hydrogen (secondary N) is 1. The fourth-order valence-electron chi connectivity index (χ4n) is 2.65. The molecule has 0 fully saturated rings. The Kier molecular flexibility index (Phi) is 4.00. The maximum atomic E-state index is 11.9. The number of hydrogen-bond donors (Lipinski definition) is 1. The van der Waals surface area contributed by atoms with Crippen molar-refractivity contribution < 1.29 is 9.53 Å². The summed E-state index contributed by atoms with van der Waals surface area (Å²) in [7, 11) is 1.98. The summed E-state index contributed by atoms with van der Waals surface area (Å²) >= 11 is 0.